The molecule has 1 heterocycles. The third-order valence-electron chi connectivity index (χ3n) is 2.33. The Bertz CT molecular complexity index is 671. The molecule has 0 radical (unpaired) electrons. The van der Waals surface area contributed by atoms with Crippen molar-refractivity contribution in [3.8, 4) is 5.75 Å². The van der Waals surface area contributed by atoms with Crippen LogP contribution >= 0.6 is 11.3 Å². The zero-order valence-electron chi connectivity index (χ0n) is 10.00. The highest BCUT2D eigenvalue weighted by atomic mass is 32.1. The second-order valence-corrected chi connectivity index (χ2v) is 4.60. The average molecular weight is 296 g/mol. The van der Waals surface area contributed by atoms with E-state index in [1.807, 2.05) is 0 Å². The molecule has 0 fully saturated rings. The van der Waals surface area contributed by atoms with Crippen molar-refractivity contribution < 1.29 is 23.8 Å². The summed E-state index contributed by atoms with van der Waals surface area (Å²) in [6, 6.07) is 3.65. The summed E-state index contributed by atoms with van der Waals surface area (Å²) in [5.41, 5.74) is 5.18. The van der Waals surface area contributed by atoms with Crippen LogP contribution in [0.1, 0.15) is 25.9 Å². The van der Waals surface area contributed by atoms with Crippen LogP contribution in [0.25, 0.3) is 0 Å². The number of hydrogen-bond acceptors (Lipinski definition) is 5. The summed E-state index contributed by atoms with van der Waals surface area (Å²) >= 11 is 0.976. The van der Waals surface area contributed by atoms with Crippen LogP contribution in [0, 0.1) is 5.82 Å². The fourth-order valence-corrected chi connectivity index (χ4v) is 2.05. The molecule has 0 spiro atoms. The smallest absolute Gasteiger partial charge is 0.365 e. The first-order chi connectivity index (χ1) is 9.47. The van der Waals surface area contributed by atoms with E-state index in [9.17, 15) is 14.0 Å². The average Bonchev–Trinajstić information content (AvgIpc) is 2.85. The minimum Gasteiger partial charge on any atom is -0.487 e. The van der Waals surface area contributed by atoms with Crippen LogP contribution < -0.4 is 10.5 Å². The maximum Gasteiger partial charge on any atom is 0.365 e. The van der Waals surface area contributed by atoms with Crippen molar-refractivity contribution in [2.75, 3.05) is 0 Å². The van der Waals surface area contributed by atoms with Gasteiger partial charge >= 0.3 is 5.97 Å². The van der Waals surface area contributed by atoms with Gasteiger partial charge in [-0.25, -0.2) is 14.2 Å². The molecule has 2 rings (SSSR count). The Hall–Kier alpha value is -2.48. The number of carboxylic acids is 1. The maximum atomic E-state index is 13.5. The fourth-order valence-electron chi connectivity index (χ4n) is 1.41. The monoisotopic (exact) mass is 296 g/mol. The van der Waals surface area contributed by atoms with Crippen LogP contribution in [-0.2, 0) is 6.61 Å². The van der Waals surface area contributed by atoms with Gasteiger partial charge in [-0.1, -0.05) is 0 Å². The molecular weight excluding hydrogens is 287 g/mol. The van der Waals surface area contributed by atoms with Crippen LogP contribution in [-0.4, -0.2) is 22.0 Å². The molecule has 8 heteroatoms. The molecule has 0 saturated heterocycles. The van der Waals surface area contributed by atoms with Gasteiger partial charge in [0.1, 0.15) is 18.2 Å². The van der Waals surface area contributed by atoms with Crippen LogP contribution in [0.4, 0.5) is 4.39 Å². The van der Waals surface area contributed by atoms with Gasteiger partial charge in [0.25, 0.3) is 5.91 Å². The molecule has 1 aromatic carbocycles. The Morgan fingerprint density at radius 2 is 2.20 bits per heavy atom. The number of primary amides is 1. The van der Waals surface area contributed by atoms with Gasteiger partial charge in [0.2, 0.25) is 5.01 Å². The van der Waals surface area contributed by atoms with E-state index >= 15 is 0 Å². The van der Waals surface area contributed by atoms with E-state index in [-0.39, 0.29) is 22.9 Å². The predicted octanol–water partition coefficient (Wildman–Crippen LogP) is 1.66. The largest absolute Gasteiger partial charge is 0.487 e. The lowest BCUT2D eigenvalue weighted by atomic mass is 10.2. The molecule has 1 amide bonds. The van der Waals surface area contributed by atoms with Crippen LogP contribution in [0.15, 0.2) is 23.6 Å². The number of nitrogens with two attached hydrogens (primary N) is 1. The van der Waals surface area contributed by atoms with E-state index in [0.717, 1.165) is 17.4 Å². The molecule has 0 bridgehead atoms. The number of aromatic nitrogens is 1. The minimum absolute atomic E-state index is 0.000855. The number of rotatable bonds is 5. The van der Waals surface area contributed by atoms with Crippen molar-refractivity contribution in [3.05, 3.63) is 45.7 Å². The summed E-state index contributed by atoms with van der Waals surface area (Å²) < 4.78 is 18.7. The van der Waals surface area contributed by atoms with Gasteiger partial charge in [-0.2, -0.15) is 0 Å². The molecule has 1 aromatic heterocycles. The van der Waals surface area contributed by atoms with E-state index < -0.39 is 17.7 Å². The molecule has 0 aliphatic rings. The quantitative estimate of drug-likeness (QED) is 0.873. The van der Waals surface area contributed by atoms with Crippen LogP contribution in [0.2, 0.25) is 0 Å². The normalized spacial score (nSPS) is 10.2. The molecular formula is C12H9FN2O4S. The Morgan fingerprint density at radius 1 is 1.45 bits per heavy atom. The van der Waals surface area contributed by atoms with Gasteiger partial charge in [-0.3, -0.25) is 4.79 Å². The van der Waals surface area contributed by atoms with Gasteiger partial charge in [-0.05, 0) is 12.1 Å². The lowest BCUT2D eigenvalue weighted by Gasteiger charge is -2.05. The highest BCUT2D eigenvalue weighted by molar-refractivity contribution is 7.11. The van der Waals surface area contributed by atoms with Gasteiger partial charge in [-0.15, -0.1) is 11.3 Å². The highest BCUT2D eigenvalue weighted by Crippen LogP contribution is 2.18. The summed E-state index contributed by atoms with van der Waals surface area (Å²) in [6.45, 7) is -0.000855. The minimum atomic E-state index is -1.11. The molecule has 0 saturated carbocycles. The first-order valence-electron chi connectivity index (χ1n) is 5.37. The van der Waals surface area contributed by atoms with Crippen molar-refractivity contribution in [3.63, 3.8) is 0 Å². The summed E-state index contributed by atoms with van der Waals surface area (Å²) in [5.74, 6) is -2.56. The molecule has 0 unspecified atom stereocenters. The summed E-state index contributed by atoms with van der Waals surface area (Å²) in [7, 11) is 0. The molecule has 20 heavy (non-hydrogen) atoms. The first kappa shape index (κ1) is 13.9. The number of amides is 1. The third kappa shape index (κ3) is 3.09. The van der Waals surface area contributed by atoms with Crippen molar-refractivity contribution in [1.29, 1.82) is 0 Å². The number of carboxylic acid groups (broad SMARTS) is 1. The molecule has 104 valence electrons. The number of ether oxygens (including phenoxy) is 1. The van der Waals surface area contributed by atoms with Gasteiger partial charge in [0.15, 0.2) is 0 Å². The van der Waals surface area contributed by atoms with Gasteiger partial charge in [0, 0.05) is 11.4 Å². The Morgan fingerprint density at radius 3 is 2.75 bits per heavy atom. The maximum absolute atomic E-state index is 13.5. The highest BCUT2D eigenvalue weighted by Gasteiger charge is 2.11. The van der Waals surface area contributed by atoms with Crippen molar-refractivity contribution in [1.82, 2.24) is 4.98 Å². The van der Waals surface area contributed by atoms with Gasteiger partial charge in [0.05, 0.1) is 11.3 Å². The second kappa shape index (κ2) is 5.66. The Balaban J connectivity index is 2.05. The standard InChI is InChI=1S/C12H9FN2O4S/c13-9-3-7(1-2-8(9)10(14)16)19-4-6-5-20-11(15-6)12(17)18/h1-3,5H,4H2,(H2,14,16)(H,17,18). The fraction of sp³-hybridized carbons (Fsp3) is 0.0833. The van der Waals surface area contributed by atoms with E-state index in [4.69, 9.17) is 15.6 Å². The number of carbonyl (C=O) groups is 2. The lowest BCUT2D eigenvalue weighted by molar-refractivity contribution is 0.0695. The molecule has 0 atom stereocenters. The predicted molar refractivity (Wildman–Crippen MR) is 68.3 cm³/mol. The van der Waals surface area contributed by atoms with E-state index in [1.54, 1.807) is 0 Å². The number of nitrogens with zero attached hydrogens (tertiary/aromatic N) is 1. The molecule has 0 aliphatic heterocycles. The zero-order valence-corrected chi connectivity index (χ0v) is 10.8. The first-order valence-corrected chi connectivity index (χ1v) is 6.25. The lowest BCUT2D eigenvalue weighted by Crippen LogP contribution is -2.13. The Kier molecular flexibility index (Phi) is 3.94. The third-order valence-corrected chi connectivity index (χ3v) is 3.21. The number of carbonyl (C=O) groups excluding carboxylic acids is 1. The van der Waals surface area contributed by atoms with Gasteiger partial charge < -0.3 is 15.6 Å². The van der Waals surface area contributed by atoms with Crippen molar-refractivity contribution in [2.45, 2.75) is 6.61 Å². The topological polar surface area (TPSA) is 103 Å². The molecule has 2 aromatic rings. The number of aromatic carboxylic acids is 1. The van der Waals surface area contributed by atoms with E-state index in [2.05, 4.69) is 4.98 Å². The molecule has 6 nitrogen and oxygen atoms in total. The second-order valence-electron chi connectivity index (χ2n) is 3.74. The number of thiazole rings is 1. The van der Waals surface area contributed by atoms with Crippen molar-refractivity contribution >= 4 is 23.2 Å². The van der Waals surface area contributed by atoms with E-state index in [1.165, 1.54) is 17.5 Å². The van der Waals surface area contributed by atoms with E-state index in [0.29, 0.717) is 5.69 Å². The molecule has 3 N–H and O–H groups in total. The summed E-state index contributed by atoms with van der Waals surface area (Å²) in [5, 5.41) is 10.2. The molecule has 0 aliphatic carbocycles. The Labute approximate surface area is 116 Å². The van der Waals surface area contributed by atoms with Crippen LogP contribution in [0.5, 0.6) is 5.75 Å². The zero-order chi connectivity index (χ0) is 14.7. The number of benzene rings is 1. The van der Waals surface area contributed by atoms with Crippen LogP contribution in [0.3, 0.4) is 0 Å². The summed E-state index contributed by atoms with van der Waals surface area (Å²) in [4.78, 5) is 25.3. The SMILES string of the molecule is NC(=O)c1ccc(OCc2csc(C(=O)O)n2)cc1F. The summed E-state index contributed by atoms with van der Waals surface area (Å²) in [6.07, 6.45) is 0. The number of halogens is 1. The number of hydrogen-bond donors (Lipinski definition) is 2. The van der Waals surface area contributed by atoms with Crippen molar-refractivity contribution in [2.24, 2.45) is 5.73 Å².